The average molecular weight is 241 g/mol. The standard InChI is InChI=1S/C12H19NO2S/c1-10(2)16(14,15)12-7-5-4-6-11(12)8-9-13-3/h4-7,10,13H,8-9H2,1-3H3. The van der Waals surface area contributed by atoms with E-state index in [0.717, 1.165) is 18.5 Å². The van der Waals surface area contributed by atoms with Crippen LogP contribution in [0.25, 0.3) is 0 Å². The maximum absolute atomic E-state index is 12.1. The number of hydrogen-bond acceptors (Lipinski definition) is 3. The smallest absolute Gasteiger partial charge is 0.180 e. The first-order chi connectivity index (χ1) is 7.50. The molecule has 0 atom stereocenters. The molecule has 0 spiro atoms. The van der Waals surface area contributed by atoms with Gasteiger partial charge in [0.1, 0.15) is 0 Å². The largest absolute Gasteiger partial charge is 0.319 e. The first kappa shape index (κ1) is 13.2. The molecule has 0 aliphatic carbocycles. The monoisotopic (exact) mass is 241 g/mol. The zero-order valence-corrected chi connectivity index (χ0v) is 10.8. The molecule has 0 heterocycles. The molecule has 1 aromatic carbocycles. The molecule has 0 amide bonds. The van der Waals surface area contributed by atoms with Gasteiger partial charge in [-0.2, -0.15) is 0 Å². The van der Waals surface area contributed by atoms with Crippen molar-refractivity contribution < 1.29 is 8.42 Å². The Morgan fingerprint density at radius 2 is 1.88 bits per heavy atom. The van der Waals surface area contributed by atoms with E-state index in [-0.39, 0.29) is 5.25 Å². The van der Waals surface area contributed by atoms with Crippen molar-refractivity contribution in [2.24, 2.45) is 0 Å². The molecule has 0 bridgehead atoms. The van der Waals surface area contributed by atoms with E-state index in [1.807, 2.05) is 19.2 Å². The third-order valence-corrected chi connectivity index (χ3v) is 4.80. The summed E-state index contributed by atoms with van der Waals surface area (Å²) in [5.74, 6) is 0. The maximum atomic E-state index is 12.1. The lowest BCUT2D eigenvalue weighted by Crippen LogP contribution is -2.18. The molecule has 0 fully saturated rings. The Kier molecular flexibility index (Phi) is 4.50. The predicted molar refractivity (Wildman–Crippen MR) is 66.4 cm³/mol. The van der Waals surface area contributed by atoms with Gasteiger partial charge in [-0.25, -0.2) is 8.42 Å². The molecule has 3 nitrogen and oxygen atoms in total. The predicted octanol–water partition coefficient (Wildman–Crippen LogP) is 1.63. The van der Waals surface area contributed by atoms with Gasteiger partial charge in [0.2, 0.25) is 0 Å². The molecule has 90 valence electrons. The summed E-state index contributed by atoms with van der Waals surface area (Å²) in [5.41, 5.74) is 0.894. The van der Waals surface area contributed by atoms with Crippen LogP contribution in [-0.2, 0) is 16.3 Å². The van der Waals surface area contributed by atoms with Crippen molar-refractivity contribution in [3.63, 3.8) is 0 Å². The highest BCUT2D eigenvalue weighted by atomic mass is 32.2. The highest BCUT2D eigenvalue weighted by Crippen LogP contribution is 2.20. The Bertz CT molecular complexity index is 438. The van der Waals surface area contributed by atoms with Gasteiger partial charge >= 0.3 is 0 Å². The van der Waals surface area contributed by atoms with Gasteiger partial charge in [0.05, 0.1) is 10.1 Å². The van der Waals surface area contributed by atoms with Crippen LogP contribution in [0.1, 0.15) is 19.4 Å². The second-order valence-corrected chi connectivity index (χ2v) is 6.53. The van der Waals surface area contributed by atoms with Gasteiger partial charge in [-0.15, -0.1) is 0 Å². The lowest BCUT2D eigenvalue weighted by Gasteiger charge is -2.12. The van der Waals surface area contributed by atoms with Crippen LogP contribution < -0.4 is 5.32 Å². The van der Waals surface area contributed by atoms with E-state index in [2.05, 4.69) is 5.32 Å². The molecule has 0 unspecified atom stereocenters. The summed E-state index contributed by atoms with van der Waals surface area (Å²) in [6, 6.07) is 7.23. The quantitative estimate of drug-likeness (QED) is 0.852. The molecule has 0 aromatic heterocycles. The fraction of sp³-hybridized carbons (Fsp3) is 0.500. The van der Waals surface area contributed by atoms with E-state index in [9.17, 15) is 8.42 Å². The first-order valence-electron chi connectivity index (χ1n) is 5.46. The summed E-state index contributed by atoms with van der Waals surface area (Å²) in [5, 5.41) is 2.66. The molecular weight excluding hydrogens is 222 g/mol. The van der Waals surface area contributed by atoms with E-state index >= 15 is 0 Å². The van der Waals surface area contributed by atoms with Crippen molar-refractivity contribution in [1.29, 1.82) is 0 Å². The van der Waals surface area contributed by atoms with Crippen LogP contribution in [-0.4, -0.2) is 27.3 Å². The molecule has 16 heavy (non-hydrogen) atoms. The van der Waals surface area contributed by atoms with E-state index < -0.39 is 9.84 Å². The van der Waals surface area contributed by atoms with Gasteiger partial charge in [-0.3, -0.25) is 0 Å². The lowest BCUT2D eigenvalue weighted by molar-refractivity contribution is 0.586. The highest BCUT2D eigenvalue weighted by molar-refractivity contribution is 7.92. The number of benzene rings is 1. The van der Waals surface area contributed by atoms with Crippen LogP contribution in [0, 0.1) is 0 Å². The molecular formula is C12H19NO2S. The first-order valence-corrected chi connectivity index (χ1v) is 7.01. The maximum Gasteiger partial charge on any atom is 0.180 e. The van der Waals surface area contributed by atoms with Crippen LogP contribution >= 0.6 is 0 Å². The van der Waals surface area contributed by atoms with Crippen molar-refractivity contribution in [2.45, 2.75) is 30.4 Å². The topological polar surface area (TPSA) is 46.2 Å². The van der Waals surface area contributed by atoms with E-state index in [0.29, 0.717) is 4.90 Å². The Labute approximate surface area is 97.8 Å². The molecule has 0 saturated carbocycles. The number of hydrogen-bond donors (Lipinski definition) is 1. The summed E-state index contributed by atoms with van der Waals surface area (Å²) in [7, 11) is -1.31. The minimum atomic E-state index is -3.17. The number of likely N-dealkylation sites (N-methyl/N-ethyl adjacent to an activating group) is 1. The van der Waals surface area contributed by atoms with Crippen LogP contribution in [0.15, 0.2) is 29.2 Å². The summed E-state index contributed by atoms with van der Waals surface area (Å²) in [6.45, 7) is 4.21. The summed E-state index contributed by atoms with van der Waals surface area (Å²) in [4.78, 5) is 0.472. The number of nitrogens with one attached hydrogen (secondary N) is 1. The lowest BCUT2D eigenvalue weighted by atomic mass is 10.1. The average Bonchev–Trinajstić information content (AvgIpc) is 2.26. The van der Waals surface area contributed by atoms with Gasteiger partial charge in [-0.05, 0) is 45.5 Å². The molecule has 0 saturated heterocycles. The molecule has 0 aliphatic rings. The zero-order chi connectivity index (χ0) is 12.2. The molecule has 0 radical (unpaired) electrons. The molecule has 4 heteroatoms. The third-order valence-electron chi connectivity index (χ3n) is 2.54. The van der Waals surface area contributed by atoms with Crippen molar-refractivity contribution >= 4 is 9.84 Å². The fourth-order valence-corrected chi connectivity index (χ4v) is 2.81. The summed E-state index contributed by atoms with van der Waals surface area (Å²) >= 11 is 0. The van der Waals surface area contributed by atoms with Crippen molar-refractivity contribution in [3.05, 3.63) is 29.8 Å². The van der Waals surface area contributed by atoms with Crippen molar-refractivity contribution in [3.8, 4) is 0 Å². The zero-order valence-electron chi connectivity index (χ0n) is 10.0. The van der Waals surface area contributed by atoms with E-state index in [1.54, 1.807) is 26.0 Å². The second kappa shape index (κ2) is 5.46. The molecule has 1 N–H and O–H groups in total. The molecule has 1 rings (SSSR count). The van der Waals surface area contributed by atoms with Crippen LogP contribution in [0.3, 0.4) is 0 Å². The van der Waals surface area contributed by atoms with Gasteiger partial charge in [0.15, 0.2) is 9.84 Å². The summed E-state index contributed by atoms with van der Waals surface area (Å²) in [6.07, 6.45) is 0.735. The van der Waals surface area contributed by atoms with Gasteiger partial charge in [-0.1, -0.05) is 18.2 Å². The van der Waals surface area contributed by atoms with Gasteiger partial charge in [0.25, 0.3) is 0 Å². The minimum absolute atomic E-state index is 0.372. The Morgan fingerprint density at radius 3 is 2.44 bits per heavy atom. The SMILES string of the molecule is CNCCc1ccccc1S(=O)(=O)C(C)C. The second-order valence-electron chi connectivity index (χ2n) is 4.06. The number of rotatable bonds is 5. The van der Waals surface area contributed by atoms with Crippen LogP contribution in [0.4, 0.5) is 0 Å². The Balaban J connectivity index is 3.13. The van der Waals surface area contributed by atoms with Crippen molar-refractivity contribution in [2.75, 3.05) is 13.6 Å². The fourth-order valence-electron chi connectivity index (χ4n) is 1.50. The Morgan fingerprint density at radius 1 is 1.25 bits per heavy atom. The number of sulfone groups is 1. The third kappa shape index (κ3) is 2.83. The van der Waals surface area contributed by atoms with Crippen LogP contribution in [0.5, 0.6) is 0 Å². The normalized spacial score (nSPS) is 12.0. The van der Waals surface area contributed by atoms with Gasteiger partial charge < -0.3 is 5.32 Å². The Hall–Kier alpha value is -0.870. The van der Waals surface area contributed by atoms with Crippen LogP contribution in [0.2, 0.25) is 0 Å². The highest BCUT2D eigenvalue weighted by Gasteiger charge is 2.21. The van der Waals surface area contributed by atoms with E-state index in [1.165, 1.54) is 0 Å². The van der Waals surface area contributed by atoms with E-state index in [4.69, 9.17) is 0 Å². The minimum Gasteiger partial charge on any atom is -0.319 e. The molecule has 1 aromatic rings. The van der Waals surface area contributed by atoms with Crippen molar-refractivity contribution in [1.82, 2.24) is 5.32 Å². The van der Waals surface area contributed by atoms with Gasteiger partial charge in [0, 0.05) is 0 Å². The summed E-state index contributed by atoms with van der Waals surface area (Å²) < 4.78 is 24.2. The molecule has 0 aliphatic heterocycles.